The van der Waals surface area contributed by atoms with E-state index in [4.69, 9.17) is 23.8 Å². The first-order valence-electron chi connectivity index (χ1n) is 8.43. The minimum absolute atomic E-state index is 0.214. The molecule has 0 atom stereocenters. The van der Waals surface area contributed by atoms with Gasteiger partial charge in [0.15, 0.2) is 5.11 Å². The predicted molar refractivity (Wildman–Crippen MR) is 120 cm³/mol. The van der Waals surface area contributed by atoms with E-state index in [0.717, 1.165) is 26.5 Å². The Bertz CT molecular complexity index is 1140. The molecular weight excluding hydrogens is 410 g/mol. The minimum Gasteiger partial charge on any atom is -0.332 e. The van der Waals surface area contributed by atoms with Crippen LogP contribution in [0.25, 0.3) is 20.8 Å². The summed E-state index contributed by atoms with van der Waals surface area (Å²) in [6, 6.07) is 22.3. The van der Waals surface area contributed by atoms with Crippen molar-refractivity contribution in [1.29, 1.82) is 0 Å². The Labute approximate surface area is 176 Å². The molecule has 0 aliphatic heterocycles. The summed E-state index contributed by atoms with van der Waals surface area (Å²) in [5, 5.41) is 7.35. The van der Waals surface area contributed by atoms with Crippen molar-refractivity contribution in [2.24, 2.45) is 0 Å². The van der Waals surface area contributed by atoms with Crippen LogP contribution in [0.3, 0.4) is 0 Å². The summed E-state index contributed by atoms with van der Waals surface area (Å²) in [4.78, 5) is 16.9. The Balaban J connectivity index is 1.53. The Morgan fingerprint density at radius 3 is 2.54 bits per heavy atom. The van der Waals surface area contributed by atoms with E-state index in [1.54, 1.807) is 47.7 Å². The van der Waals surface area contributed by atoms with E-state index in [1.807, 2.05) is 36.4 Å². The molecule has 7 heteroatoms. The van der Waals surface area contributed by atoms with Crippen molar-refractivity contribution in [3.63, 3.8) is 0 Å². The van der Waals surface area contributed by atoms with Gasteiger partial charge in [0.05, 0.1) is 15.2 Å². The number of amides is 1. The molecule has 0 fully saturated rings. The Morgan fingerprint density at radius 1 is 1.00 bits per heavy atom. The van der Waals surface area contributed by atoms with Crippen LogP contribution in [0.15, 0.2) is 72.8 Å². The fourth-order valence-corrected chi connectivity index (χ4v) is 4.15. The SMILES string of the molecule is O=C(NC(=S)Nc1ccc(Cl)c(-c2nc3ccccc3s2)c1)c1ccccc1. The van der Waals surface area contributed by atoms with Gasteiger partial charge in [0.1, 0.15) is 5.01 Å². The van der Waals surface area contributed by atoms with Crippen molar-refractivity contribution < 1.29 is 4.79 Å². The van der Waals surface area contributed by atoms with Gasteiger partial charge >= 0.3 is 0 Å². The number of fused-ring (bicyclic) bond motifs is 1. The number of nitrogens with one attached hydrogen (secondary N) is 2. The third-order valence-corrected chi connectivity index (χ3v) is 5.61. The average molecular weight is 424 g/mol. The Hall–Kier alpha value is -2.80. The van der Waals surface area contributed by atoms with Gasteiger partial charge in [-0.15, -0.1) is 11.3 Å². The van der Waals surface area contributed by atoms with E-state index in [-0.39, 0.29) is 11.0 Å². The molecule has 4 rings (SSSR count). The van der Waals surface area contributed by atoms with Crippen molar-refractivity contribution in [3.8, 4) is 10.6 Å². The van der Waals surface area contributed by atoms with Crippen molar-refractivity contribution >= 4 is 62.1 Å². The Morgan fingerprint density at radius 2 is 1.75 bits per heavy atom. The molecule has 4 aromatic rings. The Kier molecular flexibility index (Phi) is 5.34. The van der Waals surface area contributed by atoms with Crippen LogP contribution < -0.4 is 10.6 Å². The van der Waals surface area contributed by atoms with Gasteiger partial charge in [-0.2, -0.15) is 0 Å². The van der Waals surface area contributed by atoms with E-state index in [1.165, 1.54) is 0 Å². The minimum atomic E-state index is -0.265. The van der Waals surface area contributed by atoms with Gasteiger partial charge in [-0.1, -0.05) is 41.9 Å². The number of benzene rings is 3. The third kappa shape index (κ3) is 4.04. The lowest BCUT2D eigenvalue weighted by Crippen LogP contribution is -2.34. The number of nitrogens with zero attached hydrogens (tertiary/aromatic N) is 1. The molecular formula is C21H14ClN3OS2. The highest BCUT2D eigenvalue weighted by molar-refractivity contribution is 7.80. The second-order valence-corrected chi connectivity index (χ2v) is 7.80. The summed E-state index contributed by atoms with van der Waals surface area (Å²) in [5.74, 6) is -0.265. The van der Waals surface area contributed by atoms with Crippen LogP contribution in [0.4, 0.5) is 5.69 Å². The molecule has 1 aromatic heterocycles. The van der Waals surface area contributed by atoms with Gasteiger partial charge in [0.25, 0.3) is 5.91 Å². The lowest BCUT2D eigenvalue weighted by atomic mass is 10.2. The standard InChI is InChI=1S/C21H14ClN3OS2/c22-16-11-10-14(23-21(27)25-19(26)13-6-2-1-3-7-13)12-15(16)20-24-17-8-4-5-9-18(17)28-20/h1-12H,(H2,23,25,26,27). The van der Waals surface area contributed by atoms with E-state index < -0.39 is 0 Å². The van der Waals surface area contributed by atoms with E-state index in [9.17, 15) is 4.79 Å². The van der Waals surface area contributed by atoms with Crippen LogP contribution in [0.2, 0.25) is 5.02 Å². The number of anilines is 1. The average Bonchev–Trinajstić information content (AvgIpc) is 3.14. The van der Waals surface area contributed by atoms with E-state index >= 15 is 0 Å². The first kappa shape index (κ1) is 18.6. The van der Waals surface area contributed by atoms with Crippen LogP contribution in [0.1, 0.15) is 10.4 Å². The molecule has 0 aliphatic carbocycles. The molecule has 4 nitrogen and oxygen atoms in total. The highest BCUT2D eigenvalue weighted by atomic mass is 35.5. The molecule has 1 amide bonds. The first-order chi connectivity index (χ1) is 13.6. The van der Waals surface area contributed by atoms with Crippen LogP contribution in [-0.2, 0) is 0 Å². The summed E-state index contributed by atoms with van der Waals surface area (Å²) in [6.45, 7) is 0. The third-order valence-electron chi connectivity index (χ3n) is 4.01. The molecule has 28 heavy (non-hydrogen) atoms. The lowest BCUT2D eigenvalue weighted by Gasteiger charge is -2.11. The van der Waals surface area contributed by atoms with Gasteiger partial charge in [0, 0.05) is 16.8 Å². The van der Waals surface area contributed by atoms with Gasteiger partial charge < -0.3 is 5.32 Å². The largest absolute Gasteiger partial charge is 0.332 e. The van der Waals surface area contributed by atoms with Crippen LogP contribution in [0.5, 0.6) is 0 Å². The number of rotatable bonds is 3. The van der Waals surface area contributed by atoms with Gasteiger partial charge in [-0.25, -0.2) is 4.98 Å². The number of thiocarbonyl (C=S) groups is 1. The van der Waals surface area contributed by atoms with Crippen LogP contribution in [0, 0.1) is 0 Å². The molecule has 0 aliphatic rings. The zero-order chi connectivity index (χ0) is 19.5. The van der Waals surface area contributed by atoms with Crippen molar-refractivity contribution in [3.05, 3.63) is 83.4 Å². The number of carbonyl (C=O) groups excluding carboxylic acids is 1. The molecule has 138 valence electrons. The normalized spacial score (nSPS) is 10.6. The van der Waals surface area contributed by atoms with E-state index in [2.05, 4.69) is 15.6 Å². The molecule has 0 saturated heterocycles. The summed E-state index contributed by atoms with van der Waals surface area (Å²) in [5.41, 5.74) is 3.00. The number of thiazole rings is 1. The topological polar surface area (TPSA) is 54.0 Å². The number of para-hydroxylation sites is 1. The summed E-state index contributed by atoms with van der Waals surface area (Å²) in [6.07, 6.45) is 0. The number of hydrogen-bond donors (Lipinski definition) is 2. The van der Waals surface area contributed by atoms with Gasteiger partial charge in [-0.05, 0) is 54.7 Å². The predicted octanol–water partition coefficient (Wildman–Crippen LogP) is 5.74. The monoisotopic (exact) mass is 423 g/mol. The summed E-state index contributed by atoms with van der Waals surface area (Å²) < 4.78 is 1.09. The number of aromatic nitrogens is 1. The maximum atomic E-state index is 12.2. The second kappa shape index (κ2) is 8.06. The first-order valence-corrected chi connectivity index (χ1v) is 10.0. The molecule has 0 bridgehead atoms. The zero-order valence-electron chi connectivity index (χ0n) is 14.5. The lowest BCUT2D eigenvalue weighted by molar-refractivity contribution is 0.0977. The summed E-state index contributed by atoms with van der Waals surface area (Å²) >= 11 is 13.2. The summed E-state index contributed by atoms with van der Waals surface area (Å²) in [7, 11) is 0. The highest BCUT2D eigenvalue weighted by Gasteiger charge is 2.12. The molecule has 3 aromatic carbocycles. The van der Waals surface area contributed by atoms with Crippen LogP contribution >= 0.6 is 35.2 Å². The highest BCUT2D eigenvalue weighted by Crippen LogP contribution is 2.35. The molecule has 2 N–H and O–H groups in total. The van der Waals surface area contributed by atoms with Gasteiger partial charge in [0.2, 0.25) is 0 Å². The molecule has 1 heterocycles. The second-order valence-electron chi connectivity index (χ2n) is 5.96. The maximum absolute atomic E-state index is 12.2. The van der Waals surface area contributed by atoms with Crippen LogP contribution in [-0.4, -0.2) is 16.0 Å². The molecule has 0 saturated carbocycles. The smallest absolute Gasteiger partial charge is 0.257 e. The molecule has 0 unspecified atom stereocenters. The number of hydrogen-bond acceptors (Lipinski definition) is 4. The van der Waals surface area contributed by atoms with Crippen molar-refractivity contribution in [1.82, 2.24) is 10.3 Å². The quantitative estimate of drug-likeness (QED) is 0.412. The molecule has 0 spiro atoms. The fourth-order valence-electron chi connectivity index (χ4n) is 2.68. The van der Waals surface area contributed by atoms with Gasteiger partial charge in [-0.3, -0.25) is 10.1 Å². The number of carbonyl (C=O) groups is 1. The number of halogens is 1. The maximum Gasteiger partial charge on any atom is 0.257 e. The van der Waals surface area contributed by atoms with Crippen molar-refractivity contribution in [2.75, 3.05) is 5.32 Å². The van der Waals surface area contributed by atoms with E-state index in [0.29, 0.717) is 10.6 Å². The fraction of sp³-hybridized carbons (Fsp3) is 0. The zero-order valence-corrected chi connectivity index (χ0v) is 16.9. The molecule has 0 radical (unpaired) electrons. The van der Waals surface area contributed by atoms with Crippen molar-refractivity contribution in [2.45, 2.75) is 0 Å².